The topological polar surface area (TPSA) is 84.2 Å². The van der Waals surface area contributed by atoms with Crippen molar-refractivity contribution < 1.29 is 9.90 Å². The number of thioether (sulfide) groups is 1. The maximum Gasteiger partial charge on any atom is 0.279 e. The molecule has 6 nitrogen and oxygen atoms in total. The number of anilines is 1. The lowest BCUT2D eigenvalue weighted by atomic mass is 9.87. The van der Waals surface area contributed by atoms with Crippen LogP contribution in [0.25, 0.3) is 0 Å². The lowest BCUT2D eigenvalue weighted by molar-refractivity contribution is -0.116. The highest BCUT2D eigenvalue weighted by Gasteiger charge is 2.31. The van der Waals surface area contributed by atoms with E-state index in [0.717, 1.165) is 11.3 Å². The first-order chi connectivity index (χ1) is 11.0. The molecule has 2 N–H and O–H groups in total. The molecule has 0 unspecified atom stereocenters. The van der Waals surface area contributed by atoms with Crippen molar-refractivity contribution in [3.8, 4) is 5.75 Å². The third-order valence-electron chi connectivity index (χ3n) is 3.87. The van der Waals surface area contributed by atoms with Crippen molar-refractivity contribution in [2.24, 2.45) is 7.05 Å². The molecule has 2 aromatic rings. The van der Waals surface area contributed by atoms with Crippen LogP contribution in [-0.4, -0.2) is 26.3 Å². The number of phenols is 1. The largest absolute Gasteiger partial charge is 0.508 e. The van der Waals surface area contributed by atoms with Crippen molar-refractivity contribution in [3.05, 3.63) is 45.7 Å². The van der Waals surface area contributed by atoms with Crippen molar-refractivity contribution in [1.82, 2.24) is 9.55 Å². The fourth-order valence-corrected chi connectivity index (χ4v) is 3.48. The van der Waals surface area contributed by atoms with Gasteiger partial charge in [-0.3, -0.25) is 9.59 Å². The molecular weight excluding hydrogens is 314 g/mol. The summed E-state index contributed by atoms with van der Waals surface area (Å²) >= 11 is 1.46. The number of hydrogen-bond donors (Lipinski definition) is 2. The van der Waals surface area contributed by atoms with Crippen LogP contribution in [0.1, 0.15) is 30.4 Å². The third-order valence-corrected chi connectivity index (χ3v) is 4.78. The van der Waals surface area contributed by atoms with Gasteiger partial charge in [-0.25, -0.2) is 0 Å². The van der Waals surface area contributed by atoms with E-state index >= 15 is 0 Å². The van der Waals surface area contributed by atoms with Crippen LogP contribution in [0, 0.1) is 0 Å². The molecule has 2 heterocycles. The number of aromatic nitrogens is 2. The number of carbonyl (C=O) groups excluding carboxylic acids is 1. The van der Waals surface area contributed by atoms with Crippen LogP contribution in [0.5, 0.6) is 5.75 Å². The molecule has 0 saturated heterocycles. The first-order valence-electron chi connectivity index (χ1n) is 7.33. The average Bonchev–Trinajstić information content (AvgIpc) is 2.52. The number of nitrogens with zero attached hydrogens (tertiary/aromatic N) is 2. The van der Waals surface area contributed by atoms with E-state index in [1.54, 1.807) is 35.9 Å². The molecule has 0 aliphatic carbocycles. The number of carbonyl (C=O) groups is 1. The Kier molecular flexibility index (Phi) is 4.12. The number of rotatable bonds is 3. The maximum atomic E-state index is 12.5. The summed E-state index contributed by atoms with van der Waals surface area (Å²) in [6.45, 7) is 1.98. The number of fused-ring (bicyclic) bond motifs is 1. The van der Waals surface area contributed by atoms with Crippen molar-refractivity contribution in [2.45, 2.75) is 24.4 Å². The number of nitrogens with one attached hydrogen (secondary N) is 1. The molecule has 23 heavy (non-hydrogen) atoms. The summed E-state index contributed by atoms with van der Waals surface area (Å²) in [6.07, 6.45) is 0.189. The van der Waals surface area contributed by atoms with E-state index in [1.165, 1.54) is 11.8 Å². The number of hydrogen-bond acceptors (Lipinski definition) is 5. The summed E-state index contributed by atoms with van der Waals surface area (Å²) in [4.78, 5) is 28.8. The highest BCUT2D eigenvalue weighted by Crippen LogP contribution is 2.36. The van der Waals surface area contributed by atoms with E-state index in [2.05, 4.69) is 10.3 Å². The molecule has 1 aromatic heterocycles. The molecule has 0 bridgehead atoms. The molecule has 7 heteroatoms. The zero-order valence-electron chi connectivity index (χ0n) is 12.9. The van der Waals surface area contributed by atoms with Gasteiger partial charge in [0.1, 0.15) is 11.6 Å². The first kappa shape index (κ1) is 15.6. The van der Waals surface area contributed by atoms with Crippen molar-refractivity contribution in [1.29, 1.82) is 0 Å². The van der Waals surface area contributed by atoms with Gasteiger partial charge in [-0.15, -0.1) is 0 Å². The second kappa shape index (κ2) is 6.08. The molecule has 0 fully saturated rings. The summed E-state index contributed by atoms with van der Waals surface area (Å²) in [7, 11) is 1.79. The zero-order chi connectivity index (χ0) is 16.6. The molecule has 3 rings (SSSR count). The number of benzene rings is 1. The Bertz CT molecular complexity index is 815. The smallest absolute Gasteiger partial charge is 0.279 e. The predicted molar refractivity (Wildman–Crippen MR) is 89.1 cm³/mol. The molecule has 120 valence electrons. The quantitative estimate of drug-likeness (QED) is 0.664. The van der Waals surface area contributed by atoms with Gasteiger partial charge in [-0.1, -0.05) is 30.8 Å². The van der Waals surface area contributed by atoms with Crippen LogP contribution in [0.15, 0.2) is 34.2 Å². The second-order valence-corrected chi connectivity index (χ2v) is 6.58. The normalized spacial score (nSPS) is 16.8. The minimum atomic E-state index is -0.355. The minimum absolute atomic E-state index is 0.135. The number of phenolic OH excluding ortho intramolecular Hbond substituents is 1. The van der Waals surface area contributed by atoms with Gasteiger partial charge >= 0.3 is 0 Å². The first-order valence-corrected chi connectivity index (χ1v) is 8.32. The highest BCUT2D eigenvalue weighted by atomic mass is 32.2. The van der Waals surface area contributed by atoms with Gasteiger partial charge in [-0.2, -0.15) is 4.98 Å². The van der Waals surface area contributed by atoms with Gasteiger partial charge in [0.2, 0.25) is 5.91 Å². The van der Waals surface area contributed by atoms with Crippen LogP contribution < -0.4 is 10.9 Å². The molecule has 1 aliphatic rings. The van der Waals surface area contributed by atoms with Gasteiger partial charge in [0.25, 0.3) is 5.56 Å². The summed E-state index contributed by atoms with van der Waals surface area (Å²) in [5.74, 6) is 0.953. The third kappa shape index (κ3) is 2.84. The van der Waals surface area contributed by atoms with Crippen molar-refractivity contribution >= 4 is 23.5 Å². The second-order valence-electron chi connectivity index (χ2n) is 5.35. The minimum Gasteiger partial charge on any atom is -0.508 e. The summed E-state index contributed by atoms with van der Waals surface area (Å²) in [5, 5.41) is 12.8. The molecule has 0 saturated carbocycles. The summed E-state index contributed by atoms with van der Waals surface area (Å²) in [5.41, 5.74) is 0.999. The Labute approximate surface area is 137 Å². The van der Waals surface area contributed by atoms with Gasteiger partial charge in [0.05, 0.1) is 5.56 Å². The van der Waals surface area contributed by atoms with E-state index in [4.69, 9.17) is 0 Å². The average molecular weight is 331 g/mol. The van der Waals surface area contributed by atoms with Crippen LogP contribution >= 0.6 is 11.8 Å². The van der Waals surface area contributed by atoms with E-state index in [1.807, 2.05) is 6.92 Å². The lowest BCUT2D eigenvalue weighted by Gasteiger charge is -2.27. The van der Waals surface area contributed by atoms with E-state index < -0.39 is 0 Å². The maximum absolute atomic E-state index is 12.5. The van der Waals surface area contributed by atoms with Gasteiger partial charge in [0, 0.05) is 19.4 Å². The Hall–Kier alpha value is -2.28. The monoisotopic (exact) mass is 331 g/mol. The molecule has 1 aromatic carbocycles. The van der Waals surface area contributed by atoms with Crippen LogP contribution in [0.4, 0.5) is 5.82 Å². The van der Waals surface area contributed by atoms with Crippen LogP contribution in [-0.2, 0) is 11.8 Å². The van der Waals surface area contributed by atoms with E-state index in [9.17, 15) is 14.7 Å². The Morgan fingerprint density at radius 3 is 2.70 bits per heavy atom. The van der Waals surface area contributed by atoms with E-state index in [0.29, 0.717) is 16.5 Å². The molecule has 0 radical (unpaired) electrons. The summed E-state index contributed by atoms with van der Waals surface area (Å²) in [6, 6.07) is 6.58. The van der Waals surface area contributed by atoms with Gasteiger partial charge in [0.15, 0.2) is 5.16 Å². The van der Waals surface area contributed by atoms with Crippen LogP contribution in [0.3, 0.4) is 0 Å². The molecular formula is C16H17N3O3S. The van der Waals surface area contributed by atoms with Gasteiger partial charge in [-0.05, 0) is 23.4 Å². The van der Waals surface area contributed by atoms with E-state index in [-0.39, 0.29) is 29.6 Å². The fraction of sp³-hybridized carbons (Fsp3) is 0.312. The SMILES string of the molecule is CCSc1nc(=O)c2c(n1C)NC(=O)C[C@H]2c1ccc(O)cc1. The van der Waals surface area contributed by atoms with Crippen molar-refractivity contribution in [2.75, 3.05) is 11.1 Å². The fourth-order valence-electron chi connectivity index (χ4n) is 2.78. The highest BCUT2D eigenvalue weighted by molar-refractivity contribution is 7.99. The Morgan fingerprint density at radius 1 is 1.35 bits per heavy atom. The standard InChI is InChI=1S/C16H17N3O3S/c1-3-23-16-18-15(22)13-11(9-4-6-10(20)7-5-9)8-12(21)17-14(13)19(16)2/h4-7,11,20H,3,8H2,1-2H3,(H,17,21)/t11-/m0/s1. The molecule has 1 aliphatic heterocycles. The predicted octanol–water partition coefficient (Wildman–Crippen LogP) is 2.07. The zero-order valence-corrected chi connectivity index (χ0v) is 13.7. The van der Waals surface area contributed by atoms with Crippen molar-refractivity contribution in [3.63, 3.8) is 0 Å². The number of aromatic hydroxyl groups is 1. The molecule has 1 amide bonds. The lowest BCUT2D eigenvalue weighted by Crippen LogP contribution is -2.33. The summed E-state index contributed by atoms with van der Waals surface area (Å²) < 4.78 is 1.76. The Balaban J connectivity index is 2.18. The Morgan fingerprint density at radius 2 is 2.04 bits per heavy atom. The molecule has 1 atom stereocenters. The van der Waals surface area contributed by atoms with Crippen LogP contribution in [0.2, 0.25) is 0 Å². The molecule has 0 spiro atoms. The van der Waals surface area contributed by atoms with Gasteiger partial charge < -0.3 is 15.0 Å². The number of amides is 1.